The Morgan fingerprint density at radius 2 is 2.08 bits per heavy atom. The maximum absolute atomic E-state index is 12.8. The fourth-order valence-corrected chi connectivity index (χ4v) is 2.73. The van der Waals surface area contributed by atoms with Crippen LogP contribution in [0.25, 0.3) is 6.08 Å². The zero-order chi connectivity index (χ0) is 18.2. The van der Waals surface area contributed by atoms with Crippen LogP contribution in [0.1, 0.15) is 36.6 Å². The van der Waals surface area contributed by atoms with Crippen LogP contribution in [0.2, 0.25) is 5.15 Å². The fourth-order valence-electron chi connectivity index (χ4n) is 2.41. The summed E-state index contributed by atoms with van der Waals surface area (Å²) >= 11 is 6.33. The summed E-state index contributed by atoms with van der Waals surface area (Å²) in [7, 11) is 0. The van der Waals surface area contributed by atoms with Gasteiger partial charge in [0, 0.05) is 24.7 Å². The lowest BCUT2D eigenvalue weighted by Gasteiger charge is -2.03. The topological polar surface area (TPSA) is 46.9 Å². The number of hydrogen-bond donors (Lipinski definition) is 1. The van der Waals surface area contributed by atoms with E-state index in [0.29, 0.717) is 18.1 Å². The first-order valence-corrected chi connectivity index (χ1v) is 8.82. The van der Waals surface area contributed by atoms with Crippen LogP contribution < -0.4 is 5.32 Å². The van der Waals surface area contributed by atoms with Gasteiger partial charge in [-0.25, -0.2) is 4.39 Å². The number of halogens is 2. The highest BCUT2D eigenvalue weighted by Gasteiger charge is 2.10. The van der Waals surface area contributed by atoms with E-state index in [-0.39, 0.29) is 11.7 Å². The standard InChI is InChI=1S/C19H23ClFN3O/c1-3-4-13-24-19(20)17(14(2)23-24)9-10-18(25)22-12-11-15-5-7-16(21)8-6-15/h5-10H,3-4,11-13H2,1-2H3,(H,22,25)/b10-9+. The molecule has 1 aromatic heterocycles. The van der Waals surface area contributed by atoms with Crippen LogP contribution in [0.15, 0.2) is 30.3 Å². The molecule has 25 heavy (non-hydrogen) atoms. The molecule has 0 saturated heterocycles. The molecule has 0 aliphatic carbocycles. The van der Waals surface area contributed by atoms with Crippen LogP contribution >= 0.6 is 11.6 Å². The van der Waals surface area contributed by atoms with Gasteiger partial charge in [0.15, 0.2) is 0 Å². The molecule has 0 saturated carbocycles. The molecule has 0 aliphatic heterocycles. The normalized spacial score (nSPS) is 11.2. The Hall–Kier alpha value is -2.14. The third-order valence-electron chi connectivity index (χ3n) is 3.86. The molecule has 134 valence electrons. The Morgan fingerprint density at radius 3 is 2.76 bits per heavy atom. The van der Waals surface area contributed by atoms with Gasteiger partial charge in [0.25, 0.3) is 0 Å². The lowest BCUT2D eigenvalue weighted by Crippen LogP contribution is -2.23. The Balaban J connectivity index is 1.87. The molecule has 0 unspecified atom stereocenters. The second kappa shape index (κ2) is 9.37. The Bertz CT molecular complexity index is 738. The number of aromatic nitrogens is 2. The van der Waals surface area contributed by atoms with Crippen LogP contribution in [0.4, 0.5) is 4.39 Å². The highest BCUT2D eigenvalue weighted by molar-refractivity contribution is 6.31. The average Bonchev–Trinajstić information content (AvgIpc) is 2.86. The van der Waals surface area contributed by atoms with Crippen molar-refractivity contribution in [3.8, 4) is 0 Å². The number of carbonyl (C=O) groups is 1. The number of carbonyl (C=O) groups excluding carboxylic acids is 1. The second-order valence-corrected chi connectivity index (χ2v) is 6.23. The van der Waals surface area contributed by atoms with Gasteiger partial charge in [0.2, 0.25) is 5.91 Å². The van der Waals surface area contributed by atoms with E-state index < -0.39 is 0 Å². The van der Waals surface area contributed by atoms with Crippen molar-refractivity contribution in [3.63, 3.8) is 0 Å². The van der Waals surface area contributed by atoms with Gasteiger partial charge in [-0.15, -0.1) is 0 Å². The van der Waals surface area contributed by atoms with Crippen molar-refractivity contribution >= 4 is 23.6 Å². The number of nitrogens with zero attached hydrogens (tertiary/aromatic N) is 2. The lowest BCUT2D eigenvalue weighted by atomic mass is 10.1. The first-order chi connectivity index (χ1) is 12.0. The summed E-state index contributed by atoms with van der Waals surface area (Å²) in [5.74, 6) is -0.457. The maximum Gasteiger partial charge on any atom is 0.244 e. The second-order valence-electron chi connectivity index (χ2n) is 5.87. The molecule has 0 fully saturated rings. The molecular weight excluding hydrogens is 341 g/mol. The molecule has 4 nitrogen and oxygen atoms in total. The van der Waals surface area contributed by atoms with Gasteiger partial charge in [-0.1, -0.05) is 37.1 Å². The largest absolute Gasteiger partial charge is 0.352 e. The van der Waals surface area contributed by atoms with Gasteiger partial charge >= 0.3 is 0 Å². The molecule has 0 atom stereocenters. The minimum Gasteiger partial charge on any atom is -0.352 e. The third-order valence-corrected chi connectivity index (χ3v) is 4.26. The minimum absolute atomic E-state index is 0.195. The number of rotatable bonds is 8. The highest BCUT2D eigenvalue weighted by atomic mass is 35.5. The monoisotopic (exact) mass is 363 g/mol. The molecule has 0 radical (unpaired) electrons. The molecule has 2 rings (SSSR count). The average molecular weight is 364 g/mol. The summed E-state index contributed by atoms with van der Waals surface area (Å²) in [5.41, 5.74) is 2.55. The van der Waals surface area contributed by atoms with Crippen LogP contribution in [-0.2, 0) is 17.8 Å². The number of aryl methyl sites for hydroxylation is 2. The fraction of sp³-hybridized carbons (Fsp3) is 0.368. The zero-order valence-corrected chi connectivity index (χ0v) is 15.3. The highest BCUT2D eigenvalue weighted by Crippen LogP contribution is 2.21. The number of benzene rings is 1. The van der Waals surface area contributed by atoms with Crippen LogP contribution in [0, 0.1) is 12.7 Å². The van der Waals surface area contributed by atoms with Crippen LogP contribution in [0.5, 0.6) is 0 Å². The Labute approximate surface area is 152 Å². The lowest BCUT2D eigenvalue weighted by molar-refractivity contribution is -0.116. The predicted molar refractivity (Wildman–Crippen MR) is 99.0 cm³/mol. The minimum atomic E-state index is -0.262. The van der Waals surface area contributed by atoms with Crippen molar-refractivity contribution in [2.75, 3.05) is 6.54 Å². The molecule has 1 amide bonds. The first-order valence-electron chi connectivity index (χ1n) is 8.44. The van der Waals surface area contributed by atoms with E-state index in [1.807, 2.05) is 6.92 Å². The molecule has 2 aromatic rings. The Kier molecular flexibility index (Phi) is 7.19. The predicted octanol–water partition coefficient (Wildman–Crippen LogP) is 4.16. The quantitative estimate of drug-likeness (QED) is 0.716. The molecule has 0 bridgehead atoms. The van der Waals surface area contributed by atoms with Gasteiger partial charge < -0.3 is 5.32 Å². The van der Waals surface area contributed by atoms with E-state index in [2.05, 4.69) is 17.3 Å². The van der Waals surface area contributed by atoms with Crippen molar-refractivity contribution < 1.29 is 9.18 Å². The molecule has 1 aromatic carbocycles. The van der Waals surface area contributed by atoms with Gasteiger partial charge in [0.1, 0.15) is 11.0 Å². The SMILES string of the molecule is CCCCn1nc(C)c(/C=C/C(=O)NCCc2ccc(F)cc2)c1Cl. The van der Waals surface area contributed by atoms with Crippen molar-refractivity contribution in [3.05, 3.63) is 58.1 Å². The van der Waals surface area contributed by atoms with Crippen molar-refractivity contribution in [1.82, 2.24) is 15.1 Å². The van der Waals surface area contributed by atoms with E-state index in [9.17, 15) is 9.18 Å². The number of unbranched alkanes of at least 4 members (excludes halogenated alkanes) is 1. The summed E-state index contributed by atoms with van der Waals surface area (Å²) < 4.78 is 14.6. The van der Waals surface area contributed by atoms with E-state index in [1.54, 1.807) is 22.9 Å². The number of amides is 1. The van der Waals surface area contributed by atoms with E-state index >= 15 is 0 Å². The van der Waals surface area contributed by atoms with Crippen LogP contribution in [0.3, 0.4) is 0 Å². The van der Waals surface area contributed by atoms with Gasteiger partial charge in [-0.3, -0.25) is 9.48 Å². The Morgan fingerprint density at radius 1 is 1.36 bits per heavy atom. The smallest absolute Gasteiger partial charge is 0.244 e. The molecular formula is C19H23ClFN3O. The van der Waals surface area contributed by atoms with E-state index in [4.69, 9.17) is 11.6 Å². The van der Waals surface area contributed by atoms with Gasteiger partial charge in [0.05, 0.1) is 5.69 Å². The zero-order valence-electron chi connectivity index (χ0n) is 14.6. The van der Waals surface area contributed by atoms with E-state index in [0.717, 1.165) is 36.2 Å². The molecule has 0 spiro atoms. The third kappa shape index (κ3) is 5.71. The maximum atomic E-state index is 12.8. The summed E-state index contributed by atoms with van der Waals surface area (Å²) in [6.45, 7) is 5.24. The first kappa shape index (κ1) is 19.2. The summed E-state index contributed by atoms with van der Waals surface area (Å²) in [6, 6.07) is 6.26. The molecule has 1 heterocycles. The van der Waals surface area contributed by atoms with E-state index in [1.165, 1.54) is 18.2 Å². The number of nitrogens with one attached hydrogen (secondary N) is 1. The van der Waals surface area contributed by atoms with Crippen molar-refractivity contribution in [2.24, 2.45) is 0 Å². The summed E-state index contributed by atoms with van der Waals surface area (Å²) in [4.78, 5) is 11.9. The number of hydrogen-bond acceptors (Lipinski definition) is 2. The molecule has 1 N–H and O–H groups in total. The molecule has 0 aliphatic rings. The summed E-state index contributed by atoms with van der Waals surface area (Å²) in [6.07, 6.45) is 5.88. The van der Waals surface area contributed by atoms with Crippen LogP contribution in [-0.4, -0.2) is 22.2 Å². The van der Waals surface area contributed by atoms with Gasteiger partial charge in [-0.2, -0.15) is 5.10 Å². The van der Waals surface area contributed by atoms with Crippen molar-refractivity contribution in [1.29, 1.82) is 0 Å². The molecule has 6 heteroatoms. The van der Waals surface area contributed by atoms with Crippen molar-refractivity contribution in [2.45, 2.75) is 39.7 Å². The summed E-state index contributed by atoms with van der Waals surface area (Å²) in [5, 5.41) is 7.77. The van der Waals surface area contributed by atoms with Gasteiger partial charge in [-0.05, 0) is 43.5 Å².